The Morgan fingerprint density at radius 2 is 1.81 bits per heavy atom. The Kier molecular flexibility index (Phi) is 7.33. The molecule has 0 bridgehead atoms. The number of aromatic nitrogens is 3. The van der Waals surface area contributed by atoms with E-state index >= 15 is 0 Å². The van der Waals surface area contributed by atoms with Crippen molar-refractivity contribution in [2.24, 2.45) is 0 Å². The number of nitrogens with one attached hydrogen (secondary N) is 3. The predicted molar refractivity (Wildman–Crippen MR) is 152 cm³/mol. The second-order valence-corrected chi connectivity index (χ2v) is 9.54. The summed E-state index contributed by atoms with van der Waals surface area (Å²) in [5.74, 6) is -2.40. The molecular formula is C27H21N7O7S. The van der Waals surface area contributed by atoms with Crippen molar-refractivity contribution in [1.29, 1.82) is 0 Å². The summed E-state index contributed by atoms with van der Waals surface area (Å²) < 4.78 is 6.19. The Labute approximate surface area is 240 Å². The Morgan fingerprint density at radius 1 is 1.07 bits per heavy atom. The summed E-state index contributed by atoms with van der Waals surface area (Å²) in [6.07, 6.45) is 0. The van der Waals surface area contributed by atoms with Crippen LogP contribution in [0.5, 0.6) is 0 Å². The fourth-order valence-electron chi connectivity index (χ4n) is 4.11. The summed E-state index contributed by atoms with van der Waals surface area (Å²) >= 11 is 5.14. The van der Waals surface area contributed by atoms with E-state index in [1.165, 1.54) is 22.6 Å². The molecule has 5 rings (SSSR count). The number of nitrogen functional groups attached to an aromatic ring is 1. The first-order valence-corrected chi connectivity index (χ1v) is 12.7. The minimum atomic E-state index is -1.07. The van der Waals surface area contributed by atoms with E-state index in [-0.39, 0.29) is 45.5 Å². The van der Waals surface area contributed by atoms with Gasteiger partial charge in [0, 0.05) is 12.2 Å². The van der Waals surface area contributed by atoms with Gasteiger partial charge in [0.2, 0.25) is 0 Å². The molecule has 2 amide bonds. The highest BCUT2D eigenvalue weighted by molar-refractivity contribution is 7.71. The number of anilines is 3. The third-order valence-corrected chi connectivity index (χ3v) is 6.65. The van der Waals surface area contributed by atoms with Crippen LogP contribution in [-0.4, -0.2) is 37.4 Å². The molecule has 0 aliphatic carbocycles. The van der Waals surface area contributed by atoms with Gasteiger partial charge in [0.05, 0.1) is 11.6 Å². The van der Waals surface area contributed by atoms with E-state index in [0.29, 0.717) is 16.8 Å². The third-order valence-electron chi connectivity index (χ3n) is 6.39. The molecule has 0 spiro atoms. The topological polar surface area (TPSA) is 211 Å². The lowest BCUT2D eigenvalue weighted by Gasteiger charge is -2.15. The number of carboxylic acids is 1. The van der Waals surface area contributed by atoms with Crippen LogP contribution < -0.4 is 32.5 Å². The lowest BCUT2D eigenvalue weighted by Crippen LogP contribution is -2.36. The maximum Gasteiger partial charge on any atom is 0.335 e. The van der Waals surface area contributed by atoms with Crippen LogP contribution in [0.15, 0.2) is 68.7 Å². The van der Waals surface area contributed by atoms with Crippen LogP contribution in [-0.2, 0) is 6.54 Å². The fraction of sp³-hybridized carbons (Fsp3) is 0.111. The standard InChI is InChI=1S/C27H21N7O7S/c1-12(14-5-7-15(8-6-14)25(39)40)30-23(37)17-10-18(34-26(32-17)33-41-27(34)42)24(38)29-11-13-3-2-4-16(9-13)31-20-19(28)21(35)22(20)36/h2-10,12,31H,11,28H2,1H3,(H,29,38)(H,30,37)(H,39,40)/t12-/m0/s1. The van der Waals surface area contributed by atoms with E-state index in [2.05, 4.69) is 26.1 Å². The van der Waals surface area contributed by atoms with Crippen molar-refractivity contribution in [3.63, 3.8) is 0 Å². The first-order chi connectivity index (χ1) is 20.0. The summed E-state index contributed by atoms with van der Waals surface area (Å²) in [6, 6.07) is 13.5. The number of benzene rings is 2. The number of fused-ring (bicyclic) bond motifs is 1. The smallest absolute Gasteiger partial charge is 0.335 e. The monoisotopic (exact) mass is 587 g/mol. The molecule has 0 fully saturated rings. The second kappa shape index (κ2) is 11.1. The van der Waals surface area contributed by atoms with Gasteiger partial charge in [-0.1, -0.05) is 24.3 Å². The van der Waals surface area contributed by atoms with Gasteiger partial charge >= 0.3 is 10.8 Å². The average Bonchev–Trinajstić information content (AvgIpc) is 3.38. The van der Waals surface area contributed by atoms with Gasteiger partial charge in [-0.2, -0.15) is 0 Å². The molecule has 15 heteroatoms. The highest BCUT2D eigenvalue weighted by atomic mass is 32.1. The summed E-state index contributed by atoms with van der Waals surface area (Å²) in [4.78, 5) is 64.5. The minimum Gasteiger partial charge on any atom is -0.478 e. The van der Waals surface area contributed by atoms with Crippen LogP contribution >= 0.6 is 12.2 Å². The van der Waals surface area contributed by atoms with Gasteiger partial charge in [-0.15, -0.1) is 0 Å². The molecule has 3 aromatic carbocycles. The van der Waals surface area contributed by atoms with Gasteiger partial charge in [-0.25, -0.2) is 14.2 Å². The van der Waals surface area contributed by atoms with E-state index in [0.717, 1.165) is 0 Å². The van der Waals surface area contributed by atoms with Gasteiger partial charge in [0.15, 0.2) is 0 Å². The van der Waals surface area contributed by atoms with Crippen molar-refractivity contribution in [1.82, 2.24) is 25.2 Å². The number of amides is 2. The number of aromatic carboxylic acids is 1. The van der Waals surface area contributed by atoms with Crippen LogP contribution in [0.3, 0.4) is 0 Å². The zero-order valence-corrected chi connectivity index (χ0v) is 22.5. The number of carbonyl (C=O) groups is 3. The highest BCUT2D eigenvalue weighted by Gasteiger charge is 2.21. The quantitative estimate of drug-likeness (QED) is 0.124. The summed E-state index contributed by atoms with van der Waals surface area (Å²) in [6.45, 7) is 1.75. The molecule has 0 aliphatic heterocycles. The molecule has 42 heavy (non-hydrogen) atoms. The number of rotatable bonds is 9. The molecule has 0 radical (unpaired) electrons. The van der Waals surface area contributed by atoms with Gasteiger partial charge in [0.1, 0.15) is 22.8 Å². The molecule has 14 nitrogen and oxygen atoms in total. The van der Waals surface area contributed by atoms with E-state index in [1.54, 1.807) is 43.3 Å². The molecule has 6 N–H and O–H groups in total. The van der Waals surface area contributed by atoms with Crippen LogP contribution in [0, 0.1) is 4.84 Å². The average molecular weight is 588 g/mol. The molecule has 1 atom stereocenters. The van der Waals surface area contributed by atoms with E-state index < -0.39 is 34.7 Å². The van der Waals surface area contributed by atoms with Crippen LogP contribution in [0.25, 0.3) is 5.78 Å². The van der Waals surface area contributed by atoms with E-state index in [1.807, 2.05) is 0 Å². The summed E-state index contributed by atoms with van der Waals surface area (Å²) in [5, 5.41) is 21.1. The Morgan fingerprint density at radius 3 is 2.50 bits per heavy atom. The molecule has 0 saturated carbocycles. The van der Waals surface area contributed by atoms with Gasteiger partial charge < -0.3 is 31.3 Å². The zero-order chi connectivity index (χ0) is 30.1. The maximum atomic E-state index is 13.3. The van der Waals surface area contributed by atoms with Crippen molar-refractivity contribution < 1.29 is 24.0 Å². The lowest BCUT2D eigenvalue weighted by atomic mass is 10.1. The largest absolute Gasteiger partial charge is 0.478 e. The number of nitrogens with two attached hydrogens (primary N) is 1. The molecule has 0 saturated heterocycles. The van der Waals surface area contributed by atoms with Crippen LogP contribution in [0.4, 0.5) is 17.1 Å². The number of carbonyl (C=O) groups excluding carboxylic acids is 2. The normalized spacial score (nSPS) is 11.7. The molecule has 2 aromatic heterocycles. The molecule has 2 heterocycles. The first kappa shape index (κ1) is 27.9. The number of hydrogen-bond donors (Lipinski definition) is 5. The first-order valence-electron chi connectivity index (χ1n) is 12.3. The van der Waals surface area contributed by atoms with Crippen molar-refractivity contribution in [2.75, 3.05) is 11.1 Å². The van der Waals surface area contributed by atoms with Gasteiger partial charge in [-0.3, -0.25) is 19.2 Å². The molecule has 212 valence electrons. The summed E-state index contributed by atoms with van der Waals surface area (Å²) in [5.41, 5.74) is 5.70. The molecular weight excluding hydrogens is 566 g/mol. The Hall–Kier alpha value is -5.70. The lowest BCUT2D eigenvalue weighted by molar-refractivity contribution is 0.0696. The third kappa shape index (κ3) is 5.35. The van der Waals surface area contributed by atoms with Crippen LogP contribution in [0.1, 0.15) is 55.4 Å². The van der Waals surface area contributed by atoms with Crippen molar-refractivity contribution in [3.8, 4) is 0 Å². The fourth-order valence-corrected chi connectivity index (χ4v) is 4.33. The molecule has 0 unspecified atom stereocenters. The number of hydrogen-bond acceptors (Lipinski definition) is 11. The van der Waals surface area contributed by atoms with Crippen molar-refractivity contribution in [3.05, 3.63) is 108 Å². The zero-order valence-electron chi connectivity index (χ0n) is 21.7. The minimum absolute atomic E-state index is 0.0135. The number of carboxylic acid groups (broad SMARTS) is 1. The Balaban J connectivity index is 1.33. The van der Waals surface area contributed by atoms with E-state index in [4.69, 9.17) is 27.6 Å². The SMILES string of the molecule is C[C@H](NC(=O)c1cc(C(=O)NCc2cccc(Nc3c(N)c(=O)c3=O)c2)n2c(=S)onc2n1)c1ccc(C(=O)O)cc1. The molecule has 0 aliphatic rings. The van der Waals surface area contributed by atoms with Gasteiger partial charge in [0.25, 0.3) is 28.4 Å². The maximum absolute atomic E-state index is 13.3. The Bertz CT molecular complexity index is 2010. The van der Waals surface area contributed by atoms with Gasteiger partial charge in [-0.05, 0) is 65.8 Å². The number of nitrogens with zero attached hydrogens (tertiary/aromatic N) is 3. The highest BCUT2D eigenvalue weighted by Crippen LogP contribution is 2.20. The predicted octanol–water partition coefficient (Wildman–Crippen LogP) is 2.09. The van der Waals surface area contributed by atoms with E-state index in [9.17, 15) is 24.0 Å². The van der Waals surface area contributed by atoms with Crippen molar-refractivity contribution in [2.45, 2.75) is 19.5 Å². The summed E-state index contributed by atoms with van der Waals surface area (Å²) in [7, 11) is 0. The molecule has 5 aromatic rings. The second-order valence-electron chi connectivity index (χ2n) is 9.19. The van der Waals surface area contributed by atoms with Crippen LogP contribution in [0.2, 0.25) is 0 Å². The van der Waals surface area contributed by atoms with Crippen molar-refractivity contribution >= 4 is 52.8 Å².